The van der Waals surface area contributed by atoms with Crippen molar-refractivity contribution in [2.75, 3.05) is 0 Å². The molecule has 0 N–H and O–H groups in total. The summed E-state index contributed by atoms with van der Waals surface area (Å²) in [6, 6.07) is 10.7. The smallest absolute Gasteiger partial charge is 0.00914 e. The molecule has 0 amide bonds. The zero-order chi connectivity index (χ0) is 11.2. The summed E-state index contributed by atoms with van der Waals surface area (Å²) in [5.74, 6) is 0. The molecular weight excluding hydrogens is 192 g/mol. The van der Waals surface area contributed by atoms with Gasteiger partial charge in [-0.3, -0.25) is 0 Å². The van der Waals surface area contributed by atoms with Crippen LogP contribution < -0.4 is 0 Å². The minimum Gasteiger partial charge on any atom is -0.0801 e. The third kappa shape index (κ3) is 2.52. The third-order valence-corrected chi connectivity index (χ3v) is 2.89. The molecule has 1 aliphatic rings. The Balaban J connectivity index is 2.37. The third-order valence-electron chi connectivity index (χ3n) is 2.89. The fourth-order valence-electron chi connectivity index (χ4n) is 2.12. The maximum Gasteiger partial charge on any atom is -0.00914 e. The van der Waals surface area contributed by atoms with Gasteiger partial charge in [-0.1, -0.05) is 68.0 Å². The molecule has 0 saturated heterocycles. The number of rotatable bonds is 3. The van der Waals surface area contributed by atoms with Crippen molar-refractivity contribution in [1.29, 1.82) is 0 Å². The van der Waals surface area contributed by atoms with Gasteiger partial charge >= 0.3 is 0 Å². The summed E-state index contributed by atoms with van der Waals surface area (Å²) >= 11 is 0. The van der Waals surface area contributed by atoms with Gasteiger partial charge in [0.25, 0.3) is 0 Å². The lowest BCUT2D eigenvalue weighted by atomic mass is 9.92. The fourth-order valence-corrected chi connectivity index (χ4v) is 2.12. The first-order valence-electron chi connectivity index (χ1n) is 6.02. The molecule has 0 nitrogen and oxygen atoms in total. The maximum absolute atomic E-state index is 2.25. The lowest BCUT2D eigenvalue weighted by molar-refractivity contribution is 0.963. The highest BCUT2D eigenvalue weighted by atomic mass is 14.1. The first kappa shape index (κ1) is 10.9. The molecule has 82 valence electrons. The predicted octanol–water partition coefficient (Wildman–Crippen LogP) is 4.76. The SMILES string of the molecule is CCC/C(=C1/C=CC=CC1)c1ccccc1. The van der Waals surface area contributed by atoms with Gasteiger partial charge in [-0.05, 0) is 29.6 Å². The number of benzene rings is 1. The normalized spacial score (nSPS) is 17.6. The van der Waals surface area contributed by atoms with Gasteiger partial charge < -0.3 is 0 Å². The largest absolute Gasteiger partial charge is 0.0801 e. The summed E-state index contributed by atoms with van der Waals surface area (Å²) in [6.45, 7) is 2.24. The number of hydrogen-bond acceptors (Lipinski definition) is 0. The molecule has 0 fully saturated rings. The van der Waals surface area contributed by atoms with Crippen molar-refractivity contribution in [3.05, 3.63) is 65.8 Å². The molecule has 0 radical (unpaired) electrons. The molecule has 1 aromatic rings. The highest BCUT2D eigenvalue weighted by Gasteiger charge is 2.06. The van der Waals surface area contributed by atoms with E-state index in [0.717, 1.165) is 12.8 Å². The number of hydrogen-bond donors (Lipinski definition) is 0. The Morgan fingerprint density at radius 2 is 1.94 bits per heavy atom. The summed E-state index contributed by atoms with van der Waals surface area (Å²) in [7, 11) is 0. The summed E-state index contributed by atoms with van der Waals surface area (Å²) < 4.78 is 0. The lowest BCUT2D eigenvalue weighted by Gasteiger charge is -2.13. The van der Waals surface area contributed by atoms with E-state index in [2.05, 4.69) is 61.6 Å². The average molecular weight is 210 g/mol. The van der Waals surface area contributed by atoms with Crippen molar-refractivity contribution in [1.82, 2.24) is 0 Å². The number of allylic oxidation sites excluding steroid dienone is 6. The van der Waals surface area contributed by atoms with E-state index < -0.39 is 0 Å². The van der Waals surface area contributed by atoms with E-state index >= 15 is 0 Å². The molecule has 0 saturated carbocycles. The molecule has 2 rings (SSSR count). The Hall–Kier alpha value is -1.56. The van der Waals surface area contributed by atoms with Crippen LogP contribution >= 0.6 is 0 Å². The van der Waals surface area contributed by atoms with Crippen LogP contribution in [0.25, 0.3) is 5.57 Å². The zero-order valence-electron chi connectivity index (χ0n) is 9.82. The second-order valence-corrected chi connectivity index (χ2v) is 4.11. The van der Waals surface area contributed by atoms with Crippen LogP contribution in [-0.2, 0) is 0 Å². The topological polar surface area (TPSA) is 0 Å². The van der Waals surface area contributed by atoms with Gasteiger partial charge in [0.1, 0.15) is 0 Å². The van der Waals surface area contributed by atoms with Crippen molar-refractivity contribution in [3.8, 4) is 0 Å². The van der Waals surface area contributed by atoms with Gasteiger partial charge in [0.05, 0.1) is 0 Å². The Kier molecular flexibility index (Phi) is 3.76. The van der Waals surface area contributed by atoms with Gasteiger partial charge in [0.15, 0.2) is 0 Å². The molecule has 0 bridgehead atoms. The first-order chi connectivity index (χ1) is 7.92. The second kappa shape index (κ2) is 5.50. The van der Waals surface area contributed by atoms with E-state index in [4.69, 9.17) is 0 Å². The van der Waals surface area contributed by atoms with Crippen LogP contribution in [0.2, 0.25) is 0 Å². The second-order valence-electron chi connectivity index (χ2n) is 4.11. The predicted molar refractivity (Wildman–Crippen MR) is 71.2 cm³/mol. The van der Waals surface area contributed by atoms with Gasteiger partial charge in [-0.25, -0.2) is 0 Å². The quantitative estimate of drug-likeness (QED) is 0.675. The van der Waals surface area contributed by atoms with Gasteiger partial charge in [-0.15, -0.1) is 0 Å². The van der Waals surface area contributed by atoms with Crippen LogP contribution in [0.5, 0.6) is 0 Å². The summed E-state index contributed by atoms with van der Waals surface area (Å²) in [5.41, 5.74) is 4.35. The minimum absolute atomic E-state index is 1.07. The summed E-state index contributed by atoms with van der Waals surface area (Å²) in [6.07, 6.45) is 12.2. The first-order valence-corrected chi connectivity index (χ1v) is 6.02. The van der Waals surface area contributed by atoms with Crippen molar-refractivity contribution in [2.24, 2.45) is 0 Å². The van der Waals surface area contributed by atoms with Crippen molar-refractivity contribution < 1.29 is 0 Å². The van der Waals surface area contributed by atoms with Crippen molar-refractivity contribution in [2.45, 2.75) is 26.2 Å². The van der Waals surface area contributed by atoms with Crippen molar-refractivity contribution >= 4 is 5.57 Å². The van der Waals surface area contributed by atoms with Crippen LogP contribution in [-0.4, -0.2) is 0 Å². The van der Waals surface area contributed by atoms with E-state index in [9.17, 15) is 0 Å². The van der Waals surface area contributed by atoms with Crippen molar-refractivity contribution in [3.63, 3.8) is 0 Å². The van der Waals surface area contributed by atoms with E-state index in [1.165, 1.54) is 23.1 Å². The van der Waals surface area contributed by atoms with E-state index in [0.29, 0.717) is 0 Å². The van der Waals surface area contributed by atoms with Crippen LogP contribution in [0.3, 0.4) is 0 Å². The molecule has 1 aliphatic carbocycles. The fraction of sp³-hybridized carbons (Fsp3) is 0.250. The Morgan fingerprint density at radius 3 is 2.56 bits per heavy atom. The van der Waals surface area contributed by atoms with Crippen LogP contribution in [0, 0.1) is 0 Å². The van der Waals surface area contributed by atoms with E-state index in [-0.39, 0.29) is 0 Å². The molecule has 0 atom stereocenters. The Labute approximate surface area is 98.0 Å². The van der Waals surface area contributed by atoms with Gasteiger partial charge in [-0.2, -0.15) is 0 Å². The van der Waals surface area contributed by atoms with Crippen LogP contribution in [0.1, 0.15) is 31.7 Å². The molecule has 0 aliphatic heterocycles. The van der Waals surface area contributed by atoms with E-state index in [1.807, 2.05) is 0 Å². The van der Waals surface area contributed by atoms with Crippen LogP contribution in [0.4, 0.5) is 0 Å². The molecule has 1 aromatic carbocycles. The Morgan fingerprint density at radius 1 is 1.12 bits per heavy atom. The zero-order valence-corrected chi connectivity index (χ0v) is 9.82. The molecule has 0 heteroatoms. The highest BCUT2D eigenvalue weighted by Crippen LogP contribution is 2.27. The molecule has 0 aromatic heterocycles. The maximum atomic E-state index is 2.25. The Bertz CT molecular complexity index is 419. The van der Waals surface area contributed by atoms with Gasteiger partial charge in [0, 0.05) is 0 Å². The molecular formula is C16H18. The highest BCUT2D eigenvalue weighted by molar-refractivity contribution is 5.71. The monoisotopic (exact) mass is 210 g/mol. The van der Waals surface area contributed by atoms with Crippen LogP contribution in [0.15, 0.2) is 60.2 Å². The van der Waals surface area contributed by atoms with Gasteiger partial charge in [0.2, 0.25) is 0 Å². The minimum atomic E-state index is 1.07. The molecule has 0 spiro atoms. The standard InChI is InChI=1S/C16H18/c1-2-9-16(14-10-5-3-6-11-14)15-12-7-4-8-13-15/h3-8,10-12H,2,9,13H2,1H3/b16-15+. The molecule has 0 unspecified atom stereocenters. The molecule has 0 heterocycles. The van der Waals surface area contributed by atoms with E-state index in [1.54, 1.807) is 0 Å². The average Bonchev–Trinajstić information content (AvgIpc) is 2.38. The molecule has 16 heavy (non-hydrogen) atoms. The lowest BCUT2D eigenvalue weighted by Crippen LogP contribution is -1.91. The summed E-state index contributed by atoms with van der Waals surface area (Å²) in [4.78, 5) is 0. The summed E-state index contributed by atoms with van der Waals surface area (Å²) in [5, 5.41) is 0.